The van der Waals surface area contributed by atoms with Gasteiger partial charge in [-0.1, -0.05) is 0 Å². The summed E-state index contributed by atoms with van der Waals surface area (Å²) in [6.45, 7) is 2.87. The van der Waals surface area contributed by atoms with E-state index in [2.05, 4.69) is 22.1 Å². The van der Waals surface area contributed by atoms with E-state index in [1.165, 1.54) is 12.3 Å². The molecular formula is C11H17N3O2. The van der Waals surface area contributed by atoms with Gasteiger partial charge < -0.3 is 15.3 Å². The highest BCUT2D eigenvalue weighted by molar-refractivity contribution is 5.87. The third kappa shape index (κ3) is 3.51. The van der Waals surface area contributed by atoms with Gasteiger partial charge in [0.2, 0.25) is 0 Å². The topological polar surface area (TPSA) is 65.5 Å². The molecule has 1 aromatic rings. The summed E-state index contributed by atoms with van der Waals surface area (Å²) in [5.74, 6) is -0.264. The molecular weight excluding hydrogens is 206 g/mol. The average Bonchev–Trinajstić information content (AvgIpc) is 2.26. The molecule has 0 spiro atoms. The van der Waals surface area contributed by atoms with Crippen LogP contribution in [0.15, 0.2) is 18.3 Å². The van der Waals surface area contributed by atoms with Crippen molar-refractivity contribution in [2.24, 2.45) is 0 Å². The van der Waals surface area contributed by atoms with Crippen molar-refractivity contribution in [3.8, 4) is 0 Å². The third-order valence-corrected chi connectivity index (χ3v) is 2.47. The van der Waals surface area contributed by atoms with Crippen molar-refractivity contribution in [2.45, 2.75) is 13.0 Å². The van der Waals surface area contributed by atoms with Gasteiger partial charge in [0, 0.05) is 18.8 Å². The number of aromatic carboxylic acids is 1. The summed E-state index contributed by atoms with van der Waals surface area (Å²) in [6, 6.07) is 3.60. The van der Waals surface area contributed by atoms with E-state index in [0.717, 1.165) is 6.54 Å². The summed E-state index contributed by atoms with van der Waals surface area (Å²) >= 11 is 0. The smallest absolute Gasteiger partial charge is 0.337 e. The van der Waals surface area contributed by atoms with E-state index in [1.54, 1.807) is 6.07 Å². The molecule has 1 atom stereocenters. The lowest BCUT2D eigenvalue weighted by molar-refractivity contribution is 0.0696. The highest BCUT2D eigenvalue weighted by Gasteiger charge is 2.05. The highest BCUT2D eigenvalue weighted by Crippen LogP contribution is 2.05. The normalized spacial score (nSPS) is 12.5. The van der Waals surface area contributed by atoms with E-state index < -0.39 is 5.97 Å². The first kappa shape index (κ1) is 12.4. The van der Waals surface area contributed by atoms with Crippen molar-refractivity contribution in [1.82, 2.24) is 9.88 Å². The zero-order chi connectivity index (χ0) is 12.1. The van der Waals surface area contributed by atoms with Crippen LogP contribution in [-0.4, -0.2) is 47.6 Å². The van der Waals surface area contributed by atoms with Crippen LogP contribution in [0.5, 0.6) is 0 Å². The number of nitrogens with zero attached hydrogens (tertiary/aromatic N) is 2. The minimum absolute atomic E-state index is 0.200. The molecule has 1 aromatic heterocycles. The molecule has 16 heavy (non-hydrogen) atoms. The zero-order valence-electron chi connectivity index (χ0n) is 9.77. The Hall–Kier alpha value is -1.62. The van der Waals surface area contributed by atoms with Crippen molar-refractivity contribution in [3.05, 3.63) is 23.9 Å². The third-order valence-electron chi connectivity index (χ3n) is 2.47. The van der Waals surface area contributed by atoms with Gasteiger partial charge in [-0.25, -0.2) is 9.78 Å². The summed E-state index contributed by atoms with van der Waals surface area (Å²) in [5.41, 5.74) is 0.200. The van der Waals surface area contributed by atoms with Crippen molar-refractivity contribution in [3.63, 3.8) is 0 Å². The monoisotopic (exact) mass is 223 g/mol. The minimum Gasteiger partial charge on any atom is -0.478 e. The van der Waals surface area contributed by atoms with Gasteiger partial charge in [-0.15, -0.1) is 0 Å². The van der Waals surface area contributed by atoms with E-state index in [4.69, 9.17) is 5.11 Å². The number of pyridine rings is 1. The molecule has 0 aliphatic heterocycles. The minimum atomic E-state index is -0.958. The van der Waals surface area contributed by atoms with E-state index in [-0.39, 0.29) is 5.56 Å². The summed E-state index contributed by atoms with van der Waals surface area (Å²) < 4.78 is 0. The van der Waals surface area contributed by atoms with Crippen molar-refractivity contribution in [2.75, 3.05) is 26.0 Å². The van der Waals surface area contributed by atoms with Crippen LogP contribution < -0.4 is 5.32 Å². The lowest BCUT2D eigenvalue weighted by atomic mass is 10.3. The quantitative estimate of drug-likeness (QED) is 0.783. The molecule has 5 heteroatoms. The van der Waals surface area contributed by atoms with Crippen LogP contribution in [0.1, 0.15) is 17.3 Å². The molecule has 0 aromatic carbocycles. The molecule has 0 bridgehead atoms. The molecule has 88 valence electrons. The van der Waals surface area contributed by atoms with Crippen LogP contribution in [0.4, 0.5) is 5.82 Å². The summed E-state index contributed by atoms with van der Waals surface area (Å²) in [5, 5.41) is 11.8. The van der Waals surface area contributed by atoms with E-state index in [9.17, 15) is 4.79 Å². The fourth-order valence-electron chi connectivity index (χ4n) is 1.06. The number of aromatic nitrogens is 1. The Kier molecular flexibility index (Phi) is 4.25. The zero-order valence-corrected chi connectivity index (χ0v) is 9.77. The number of hydrogen-bond acceptors (Lipinski definition) is 4. The molecule has 0 aliphatic carbocycles. The molecule has 2 N–H and O–H groups in total. The first-order valence-corrected chi connectivity index (χ1v) is 5.10. The van der Waals surface area contributed by atoms with Crippen LogP contribution in [-0.2, 0) is 0 Å². The lowest BCUT2D eigenvalue weighted by Crippen LogP contribution is -2.31. The first-order chi connectivity index (χ1) is 7.50. The highest BCUT2D eigenvalue weighted by atomic mass is 16.4. The number of carboxylic acid groups (broad SMARTS) is 1. The maximum absolute atomic E-state index is 10.6. The predicted octanol–water partition coefficient (Wildman–Crippen LogP) is 1.14. The summed E-state index contributed by atoms with van der Waals surface area (Å²) in [7, 11) is 4.01. The average molecular weight is 223 g/mol. The van der Waals surface area contributed by atoms with Gasteiger partial charge >= 0.3 is 5.97 Å². The molecule has 1 unspecified atom stereocenters. The fraction of sp³-hybridized carbons (Fsp3) is 0.455. The second-order valence-corrected chi connectivity index (χ2v) is 3.93. The molecule has 5 nitrogen and oxygen atoms in total. The fourth-order valence-corrected chi connectivity index (χ4v) is 1.06. The van der Waals surface area contributed by atoms with Crippen molar-refractivity contribution in [1.29, 1.82) is 0 Å². The van der Waals surface area contributed by atoms with Gasteiger partial charge in [0.1, 0.15) is 5.82 Å². The Balaban J connectivity index is 2.53. The second kappa shape index (κ2) is 5.46. The first-order valence-electron chi connectivity index (χ1n) is 5.10. The molecule has 1 rings (SSSR count). The largest absolute Gasteiger partial charge is 0.478 e. The summed E-state index contributed by atoms with van der Waals surface area (Å²) in [6.07, 6.45) is 1.35. The van der Waals surface area contributed by atoms with Crippen LogP contribution in [0.25, 0.3) is 0 Å². The SMILES string of the molecule is CC(CNc1ccc(C(=O)O)cn1)N(C)C. The number of nitrogens with one attached hydrogen (secondary N) is 1. The molecule has 0 saturated heterocycles. The Labute approximate surface area is 95.1 Å². The maximum Gasteiger partial charge on any atom is 0.337 e. The van der Waals surface area contributed by atoms with Crippen LogP contribution in [0.2, 0.25) is 0 Å². The van der Waals surface area contributed by atoms with Crippen LogP contribution >= 0.6 is 0 Å². The van der Waals surface area contributed by atoms with E-state index >= 15 is 0 Å². The molecule has 0 aliphatic rings. The second-order valence-electron chi connectivity index (χ2n) is 3.93. The van der Waals surface area contributed by atoms with Gasteiger partial charge in [-0.2, -0.15) is 0 Å². The number of likely N-dealkylation sites (N-methyl/N-ethyl adjacent to an activating group) is 1. The standard InChI is InChI=1S/C11H17N3O2/c1-8(14(2)3)6-12-10-5-4-9(7-13-10)11(15)16/h4-5,7-8H,6H2,1-3H3,(H,12,13)(H,15,16). The molecule has 0 fully saturated rings. The van der Waals surface area contributed by atoms with Crippen molar-refractivity contribution >= 4 is 11.8 Å². The number of carbonyl (C=O) groups is 1. The van der Waals surface area contributed by atoms with Gasteiger partial charge in [-0.3, -0.25) is 0 Å². The lowest BCUT2D eigenvalue weighted by Gasteiger charge is -2.20. The van der Waals surface area contributed by atoms with Gasteiger partial charge in [0.15, 0.2) is 0 Å². The number of anilines is 1. The number of hydrogen-bond donors (Lipinski definition) is 2. The van der Waals surface area contributed by atoms with Crippen molar-refractivity contribution < 1.29 is 9.90 Å². The van der Waals surface area contributed by atoms with Crippen LogP contribution in [0.3, 0.4) is 0 Å². The predicted molar refractivity (Wildman–Crippen MR) is 62.8 cm³/mol. The Bertz CT molecular complexity index is 349. The Morgan fingerprint density at radius 2 is 2.25 bits per heavy atom. The van der Waals surface area contributed by atoms with Gasteiger partial charge in [0.25, 0.3) is 0 Å². The van der Waals surface area contributed by atoms with E-state index in [1.807, 2.05) is 14.1 Å². The molecule has 1 heterocycles. The maximum atomic E-state index is 10.6. The van der Waals surface area contributed by atoms with Gasteiger partial charge in [0.05, 0.1) is 5.56 Å². The Morgan fingerprint density at radius 3 is 2.69 bits per heavy atom. The summed E-state index contributed by atoms with van der Waals surface area (Å²) in [4.78, 5) is 16.7. The van der Waals surface area contributed by atoms with Gasteiger partial charge in [-0.05, 0) is 33.2 Å². The molecule has 0 saturated carbocycles. The number of carboxylic acids is 1. The molecule has 0 radical (unpaired) electrons. The molecule has 0 amide bonds. The Morgan fingerprint density at radius 1 is 1.56 bits per heavy atom. The van der Waals surface area contributed by atoms with E-state index in [0.29, 0.717) is 11.9 Å². The number of rotatable bonds is 5. The van der Waals surface area contributed by atoms with Crippen LogP contribution in [0, 0.1) is 0 Å².